The highest BCUT2D eigenvalue weighted by Gasteiger charge is 2.45. The summed E-state index contributed by atoms with van der Waals surface area (Å²) in [6, 6.07) is 5.87. The number of anilines is 1. The zero-order valence-electron chi connectivity index (χ0n) is 13.2. The molecule has 23 heavy (non-hydrogen) atoms. The van der Waals surface area contributed by atoms with Crippen molar-refractivity contribution in [2.45, 2.75) is 18.9 Å². The molecule has 5 heteroatoms. The second kappa shape index (κ2) is 6.32. The van der Waals surface area contributed by atoms with Crippen LogP contribution in [0.3, 0.4) is 0 Å². The molecule has 4 rings (SSSR count). The number of fused-ring (bicyclic) bond motifs is 1. The number of nitrogens with one attached hydrogen (secondary N) is 1. The molecule has 0 radical (unpaired) electrons. The van der Waals surface area contributed by atoms with E-state index >= 15 is 0 Å². The number of hydrogen-bond donors (Lipinski definition) is 1. The lowest BCUT2D eigenvalue weighted by molar-refractivity contribution is -0.134. The van der Waals surface area contributed by atoms with Crippen molar-refractivity contribution in [2.75, 3.05) is 31.6 Å². The Hall–Kier alpha value is -1.88. The molecule has 0 aromatic carbocycles. The first kappa shape index (κ1) is 14.7. The zero-order valence-corrected chi connectivity index (χ0v) is 13.2. The van der Waals surface area contributed by atoms with Gasteiger partial charge in [-0.15, -0.1) is 0 Å². The SMILES string of the molecule is O=C(C1CC=CC1)N1C[C@@H]2[C@@H](CNc3ccccn3)CO[C@@H]2C1. The fraction of sp³-hybridized carbons (Fsp3) is 0.556. The van der Waals surface area contributed by atoms with E-state index in [9.17, 15) is 4.79 Å². The molecule has 5 nitrogen and oxygen atoms in total. The van der Waals surface area contributed by atoms with Crippen LogP contribution in [0.4, 0.5) is 5.82 Å². The maximum Gasteiger partial charge on any atom is 0.226 e. The number of pyridine rings is 1. The summed E-state index contributed by atoms with van der Waals surface area (Å²) in [5.74, 6) is 2.27. The predicted molar refractivity (Wildman–Crippen MR) is 87.9 cm³/mol. The van der Waals surface area contributed by atoms with Crippen molar-refractivity contribution in [1.29, 1.82) is 0 Å². The average Bonchev–Trinajstić information content (AvgIpc) is 3.30. The lowest BCUT2D eigenvalue weighted by Gasteiger charge is -2.23. The normalized spacial score (nSPS) is 29.9. The third-order valence-corrected chi connectivity index (χ3v) is 5.32. The molecule has 122 valence electrons. The van der Waals surface area contributed by atoms with Crippen LogP contribution in [0.25, 0.3) is 0 Å². The van der Waals surface area contributed by atoms with Gasteiger partial charge in [0.25, 0.3) is 0 Å². The number of likely N-dealkylation sites (tertiary alicyclic amines) is 1. The molecule has 3 heterocycles. The molecular formula is C18H23N3O2. The van der Waals surface area contributed by atoms with Gasteiger partial charge in [-0.2, -0.15) is 0 Å². The topological polar surface area (TPSA) is 54.5 Å². The summed E-state index contributed by atoms with van der Waals surface area (Å²) in [5, 5.41) is 3.39. The Morgan fingerprint density at radius 3 is 2.96 bits per heavy atom. The Morgan fingerprint density at radius 1 is 1.30 bits per heavy atom. The van der Waals surface area contributed by atoms with Crippen molar-refractivity contribution in [3.05, 3.63) is 36.5 Å². The second-order valence-corrected chi connectivity index (χ2v) is 6.77. The van der Waals surface area contributed by atoms with E-state index in [1.807, 2.05) is 23.1 Å². The van der Waals surface area contributed by atoms with Gasteiger partial charge in [-0.05, 0) is 25.0 Å². The number of rotatable bonds is 4. The van der Waals surface area contributed by atoms with Crippen molar-refractivity contribution >= 4 is 11.7 Å². The van der Waals surface area contributed by atoms with E-state index in [0.29, 0.717) is 17.7 Å². The highest BCUT2D eigenvalue weighted by Crippen LogP contribution is 2.35. The zero-order chi connectivity index (χ0) is 15.6. The molecule has 1 aromatic heterocycles. The number of carbonyl (C=O) groups excluding carboxylic acids is 1. The van der Waals surface area contributed by atoms with E-state index in [-0.39, 0.29) is 12.0 Å². The maximum atomic E-state index is 12.6. The lowest BCUT2D eigenvalue weighted by atomic mass is 9.93. The minimum atomic E-state index is 0.166. The average molecular weight is 313 g/mol. The number of amides is 1. The van der Waals surface area contributed by atoms with Crippen molar-refractivity contribution in [3.63, 3.8) is 0 Å². The minimum absolute atomic E-state index is 0.166. The Bertz CT molecular complexity index is 581. The van der Waals surface area contributed by atoms with Gasteiger partial charge in [-0.1, -0.05) is 18.2 Å². The largest absolute Gasteiger partial charge is 0.376 e. The van der Waals surface area contributed by atoms with E-state index < -0.39 is 0 Å². The minimum Gasteiger partial charge on any atom is -0.376 e. The van der Waals surface area contributed by atoms with Crippen molar-refractivity contribution in [2.24, 2.45) is 17.8 Å². The van der Waals surface area contributed by atoms with Crippen molar-refractivity contribution < 1.29 is 9.53 Å². The molecule has 3 aliphatic rings. The Morgan fingerprint density at radius 2 is 2.17 bits per heavy atom. The van der Waals surface area contributed by atoms with Gasteiger partial charge >= 0.3 is 0 Å². The Kier molecular flexibility index (Phi) is 4.04. The number of allylic oxidation sites excluding steroid dienone is 2. The van der Waals surface area contributed by atoms with Crippen LogP contribution in [0.5, 0.6) is 0 Å². The van der Waals surface area contributed by atoms with Crippen LogP contribution in [0, 0.1) is 17.8 Å². The van der Waals surface area contributed by atoms with Crippen LogP contribution < -0.4 is 5.32 Å². The molecule has 3 atom stereocenters. The third kappa shape index (κ3) is 2.98. The third-order valence-electron chi connectivity index (χ3n) is 5.32. The number of nitrogens with zero attached hydrogens (tertiary/aromatic N) is 2. The Balaban J connectivity index is 1.33. The van der Waals surface area contributed by atoms with Crippen LogP contribution >= 0.6 is 0 Å². The van der Waals surface area contributed by atoms with Crippen LogP contribution in [0.15, 0.2) is 36.5 Å². The van der Waals surface area contributed by atoms with Gasteiger partial charge in [0.15, 0.2) is 0 Å². The van der Waals surface area contributed by atoms with Gasteiger partial charge in [0.2, 0.25) is 5.91 Å². The molecule has 1 aromatic rings. The van der Waals surface area contributed by atoms with Gasteiger partial charge in [0, 0.05) is 43.6 Å². The van der Waals surface area contributed by atoms with Gasteiger partial charge in [0.05, 0.1) is 12.7 Å². The summed E-state index contributed by atoms with van der Waals surface area (Å²) in [5.41, 5.74) is 0. The van der Waals surface area contributed by atoms with Gasteiger partial charge < -0.3 is 15.0 Å². The number of hydrogen-bond acceptors (Lipinski definition) is 4. The van der Waals surface area contributed by atoms with E-state index in [0.717, 1.165) is 44.9 Å². The van der Waals surface area contributed by atoms with E-state index in [1.54, 1.807) is 6.20 Å². The molecule has 2 aliphatic heterocycles. The number of aromatic nitrogens is 1. The molecular weight excluding hydrogens is 290 g/mol. The van der Waals surface area contributed by atoms with Gasteiger partial charge in [-0.3, -0.25) is 4.79 Å². The molecule has 0 spiro atoms. The van der Waals surface area contributed by atoms with Gasteiger partial charge in [0.1, 0.15) is 5.82 Å². The fourth-order valence-electron chi connectivity index (χ4n) is 3.97. The fourth-order valence-corrected chi connectivity index (χ4v) is 3.97. The second-order valence-electron chi connectivity index (χ2n) is 6.77. The van der Waals surface area contributed by atoms with Crippen LogP contribution in [-0.2, 0) is 9.53 Å². The molecule has 1 aliphatic carbocycles. The molecule has 0 bridgehead atoms. The van der Waals surface area contributed by atoms with E-state index in [1.165, 1.54) is 0 Å². The quantitative estimate of drug-likeness (QED) is 0.863. The van der Waals surface area contributed by atoms with E-state index in [4.69, 9.17) is 4.74 Å². The van der Waals surface area contributed by atoms with Crippen LogP contribution in [0.1, 0.15) is 12.8 Å². The highest BCUT2D eigenvalue weighted by atomic mass is 16.5. The smallest absolute Gasteiger partial charge is 0.226 e. The summed E-state index contributed by atoms with van der Waals surface area (Å²) in [7, 11) is 0. The molecule has 1 amide bonds. The molecule has 2 fully saturated rings. The number of carbonyl (C=O) groups is 1. The Labute approximate surface area is 136 Å². The standard InChI is InChI=1S/C18H23N3O2/c22-18(13-5-1-2-6-13)21-10-15-14(12-23-16(15)11-21)9-20-17-7-3-4-8-19-17/h1-4,7-8,13-16H,5-6,9-12H2,(H,19,20)/t14-,15+,16+/m0/s1. The lowest BCUT2D eigenvalue weighted by Crippen LogP contribution is -2.35. The summed E-state index contributed by atoms with van der Waals surface area (Å²) in [6.07, 6.45) is 8.04. The first-order chi connectivity index (χ1) is 11.3. The summed E-state index contributed by atoms with van der Waals surface area (Å²) < 4.78 is 5.95. The molecule has 2 saturated heterocycles. The van der Waals surface area contributed by atoms with Crippen LogP contribution in [0.2, 0.25) is 0 Å². The van der Waals surface area contributed by atoms with Crippen molar-refractivity contribution in [3.8, 4) is 0 Å². The molecule has 0 unspecified atom stereocenters. The first-order valence-electron chi connectivity index (χ1n) is 8.51. The van der Waals surface area contributed by atoms with E-state index in [2.05, 4.69) is 22.5 Å². The summed E-state index contributed by atoms with van der Waals surface area (Å²) >= 11 is 0. The summed E-state index contributed by atoms with van der Waals surface area (Å²) in [6.45, 7) is 3.24. The highest BCUT2D eigenvalue weighted by molar-refractivity contribution is 5.80. The van der Waals surface area contributed by atoms with Crippen molar-refractivity contribution in [1.82, 2.24) is 9.88 Å². The predicted octanol–water partition coefficient (Wildman–Crippen LogP) is 1.93. The maximum absolute atomic E-state index is 12.6. The van der Waals surface area contributed by atoms with Gasteiger partial charge in [-0.25, -0.2) is 4.98 Å². The van der Waals surface area contributed by atoms with Crippen LogP contribution in [-0.4, -0.2) is 48.1 Å². The molecule has 0 saturated carbocycles. The number of ether oxygens (including phenoxy) is 1. The summed E-state index contributed by atoms with van der Waals surface area (Å²) in [4.78, 5) is 18.9. The first-order valence-corrected chi connectivity index (χ1v) is 8.51. The molecule has 1 N–H and O–H groups in total. The monoisotopic (exact) mass is 313 g/mol.